The lowest BCUT2D eigenvalue weighted by Gasteiger charge is -2.13. The summed E-state index contributed by atoms with van der Waals surface area (Å²) in [5.41, 5.74) is -0.451. The van der Waals surface area contributed by atoms with Crippen molar-refractivity contribution in [3.63, 3.8) is 0 Å². The molecular formula is C12H21NO5S. The van der Waals surface area contributed by atoms with E-state index >= 15 is 0 Å². The zero-order valence-electron chi connectivity index (χ0n) is 11.4. The van der Waals surface area contributed by atoms with Crippen molar-refractivity contribution < 1.29 is 22.7 Å². The molecule has 0 unspecified atom stereocenters. The highest BCUT2D eigenvalue weighted by molar-refractivity contribution is 7.91. The van der Waals surface area contributed by atoms with Crippen molar-refractivity contribution in [3.05, 3.63) is 0 Å². The van der Waals surface area contributed by atoms with Gasteiger partial charge in [-0.2, -0.15) is 0 Å². The molecule has 0 aromatic carbocycles. The summed E-state index contributed by atoms with van der Waals surface area (Å²) in [6.45, 7) is 2.27. The molecule has 6 nitrogen and oxygen atoms in total. The Morgan fingerprint density at radius 1 is 1.32 bits per heavy atom. The molecule has 1 aliphatic rings. The number of ether oxygens (including phenoxy) is 1. The van der Waals surface area contributed by atoms with Crippen molar-refractivity contribution in [2.24, 2.45) is 5.41 Å². The van der Waals surface area contributed by atoms with Crippen LogP contribution in [0.4, 0.5) is 0 Å². The van der Waals surface area contributed by atoms with Crippen LogP contribution in [0.5, 0.6) is 0 Å². The molecule has 19 heavy (non-hydrogen) atoms. The molecule has 1 rings (SSSR count). The summed E-state index contributed by atoms with van der Waals surface area (Å²) in [4.78, 5) is 22.5. The van der Waals surface area contributed by atoms with E-state index in [9.17, 15) is 18.0 Å². The Kier molecular flexibility index (Phi) is 5.34. The maximum atomic E-state index is 11.9. The molecule has 110 valence electrons. The third kappa shape index (κ3) is 5.59. The summed E-state index contributed by atoms with van der Waals surface area (Å²) in [6.07, 6.45) is 1.57. The first-order valence-corrected chi connectivity index (χ1v) is 8.18. The highest BCUT2D eigenvalue weighted by atomic mass is 32.2. The molecule has 0 aliphatic heterocycles. The molecule has 0 heterocycles. The fourth-order valence-electron chi connectivity index (χ4n) is 2.00. The molecule has 1 aliphatic carbocycles. The minimum atomic E-state index is -3.31. The SMILES string of the molecule is CCNC(=O)CCS(=O)(=O)CC1(CC(=O)OC)CC1. The second kappa shape index (κ2) is 6.36. The number of carbonyl (C=O) groups excluding carboxylic acids is 2. The molecule has 1 amide bonds. The Balaban J connectivity index is 2.46. The third-order valence-corrected chi connectivity index (χ3v) is 5.12. The molecule has 7 heteroatoms. The van der Waals surface area contributed by atoms with Gasteiger partial charge in [0.05, 0.1) is 25.0 Å². The van der Waals surface area contributed by atoms with E-state index in [0.29, 0.717) is 6.54 Å². The zero-order valence-corrected chi connectivity index (χ0v) is 12.2. The number of hydrogen-bond donors (Lipinski definition) is 1. The third-order valence-electron chi connectivity index (χ3n) is 3.24. The Morgan fingerprint density at radius 2 is 1.95 bits per heavy atom. The van der Waals surface area contributed by atoms with Crippen LogP contribution in [0.2, 0.25) is 0 Å². The molecule has 1 N–H and O–H groups in total. The van der Waals surface area contributed by atoms with Gasteiger partial charge >= 0.3 is 5.97 Å². The van der Waals surface area contributed by atoms with Gasteiger partial charge in [-0.25, -0.2) is 8.42 Å². The van der Waals surface area contributed by atoms with E-state index in [0.717, 1.165) is 12.8 Å². The number of amides is 1. The predicted molar refractivity (Wildman–Crippen MR) is 70.3 cm³/mol. The number of sulfone groups is 1. The topological polar surface area (TPSA) is 89.5 Å². The Bertz CT molecular complexity index is 439. The monoisotopic (exact) mass is 291 g/mol. The van der Waals surface area contributed by atoms with E-state index in [-0.39, 0.29) is 36.2 Å². The quantitative estimate of drug-likeness (QED) is 0.648. The van der Waals surface area contributed by atoms with Gasteiger partial charge in [0.1, 0.15) is 0 Å². The lowest BCUT2D eigenvalue weighted by molar-refractivity contribution is -0.141. The van der Waals surface area contributed by atoms with Gasteiger partial charge in [0, 0.05) is 13.0 Å². The first-order chi connectivity index (χ1) is 8.82. The summed E-state index contributed by atoms with van der Waals surface area (Å²) in [7, 11) is -2.02. The minimum absolute atomic E-state index is 0.0233. The number of esters is 1. The second-order valence-corrected chi connectivity index (χ2v) is 7.23. The molecule has 0 bridgehead atoms. The average molecular weight is 291 g/mol. The van der Waals surface area contributed by atoms with Crippen LogP contribution in [0.1, 0.15) is 32.6 Å². The number of carbonyl (C=O) groups is 2. The summed E-state index contributed by atoms with van der Waals surface area (Å²) < 4.78 is 28.4. The first-order valence-electron chi connectivity index (χ1n) is 6.36. The summed E-state index contributed by atoms with van der Waals surface area (Å²) in [5.74, 6) is -0.837. The molecular weight excluding hydrogens is 270 g/mol. The molecule has 1 saturated carbocycles. The number of methoxy groups -OCH3 is 1. The number of hydrogen-bond acceptors (Lipinski definition) is 5. The van der Waals surface area contributed by atoms with Crippen LogP contribution in [0.15, 0.2) is 0 Å². The first kappa shape index (κ1) is 15.9. The maximum Gasteiger partial charge on any atom is 0.306 e. The fraction of sp³-hybridized carbons (Fsp3) is 0.833. The molecule has 0 spiro atoms. The Hall–Kier alpha value is -1.11. The lowest BCUT2D eigenvalue weighted by Crippen LogP contribution is -2.28. The van der Waals surface area contributed by atoms with Crippen molar-refractivity contribution in [2.45, 2.75) is 32.6 Å². The van der Waals surface area contributed by atoms with Crippen molar-refractivity contribution >= 4 is 21.7 Å². The summed E-state index contributed by atoms with van der Waals surface area (Å²) in [6, 6.07) is 0. The molecule has 0 aromatic rings. The zero-order chi connectivity index (χ0) is 14.5. The van der Waals surface area contributed by atoms with Gasteiger partial charge in [-0.1, -0.05) is 0 Å². The fourth-order valence-corrected chi connectivity index (χ4v) is 3.96. The van der Waals surface area contributed by atoms with Crippen LogP contribution in [-0.4, -0.2) is 45.5 Å². The van der Waals surface area contributed by atoms with E-state index < -0.39 is 15.3 Å². The smallest absolute Gasteiger partial charge is 0.306 e. The standard InChI is InChI=1S/C12H21NO5S/c1-3-13-10(14)4-7-19(16,17)9-12(5-6-12)8-11(15)18-2/h3-9H2,1-2H3,(H,13,14). The van der Waals surface area contributed by atoms with E-state index in [1.807, 2.05) is 0 Å². The highest BCUT2D eigenvalue weighted by Crippen LogP contribution is 2.50. The van der Waals surface area contributed by atoms with Gasteiger partial charge in [0.2, 0.25) is 5.91 Å². The number of rotatable bonds is 8. The van der Waals surface area contributed by atoms with Gasteiger partial charge in [-0.15, -0.1) is 0 Å². The molecule has 1 fully saturated rings. The van der Waals surface area contributed by atoms with Crippen molar-refractivity contribution in [1.82, 2.24) is 5.32 Å². The van der Waals surface area contributed by atoms with Crippen LogP contribution in [0.25, 0.3) is 0 Å². The number of nitrogens with one attached hydrogen (secondary N) is 1. The van der Waals surface area contributed by atoms with Crippen molar-refractivity contribution in [1.29, 1.82) is 0 Å². The van der Waals surface area contributed by atoms with Gasteiger partial charge < -0.3 is 10.1 Å². The maximum absolute atomic E-state index is 11.9. The normalized spacial score (nSPS) is 16.7. The summed E-state index contributed by atoms with van der Waals surface area (Å²) >= 11 is 0. The van der Waals surface area contributed by atoms with Crippen LogP contribution < -0.4 is 5.32 Å². The Labute approximate surface area is 113 Å². The van der Waals surface area contributed by atoms with E-state index in [4.69, 9.17) is 0 Å². The summed E-state index contributed by atoms with van der Waals surface area (Å²) in [5, 5.41) is 2.56. The lowest BCUT2D eigenvalue weighted by atomic mass is 10.1. The second-order valence-electron chi connectivity index (χ2n) is 5.05. The van der Waals surface area contributed by atoms with Gasteiger partial charge in [0.25, 0.3) is 0 Å². The minimum Gasteiger partial charge on any atom is -0.469 e. The predicted octanol–water partition coefficient (Wildman–Crippen LogP) is 0.271. The van der Waals surface area contributed by atoms with E-state index in [1.54, 1.807) is 6.92 Å². The van der Waals surface area contributed by atoms with E-state index in [1.165, 1.54) is 7.11 Å². The highest BCUT2D eigenvalue weighted by Gasteiger charge is 2.47. The molecule has 0 radical (unpaired) electrons. The average Bonchev–Trinajstić information content (AvgIpc) is 3.05. The molecule has 0 saturated heterocycles. The van der Waals surface area contributed by atoms with Crippen LogP contribution in [0, 0.1) is 5.41 Å². The van der Waals surface area contributed by atoms with Gasteiger partial charge in [-0.05, 0) is 25.2 Å². The largest absolute Gasteiger partial charge is 0.469 e. The Morgan fingerprint density at radius 3 is 2.42 bits per heavy atom. The van der Waals surface area contributed by atoms with Gasteiger partial charge in [-0.3, -0.25) is 9.59 Å². The van der Waals surface area contributed by atoms with Crippen molar-refractivity contribution in [3.8, 4) is 0 Å². The molecule has 0 aromatic heterocycles. The van der Waals surface area contributed by atoms with E-state index in [2.05, 4.69) is 10.1 Å². The van der Waals surface area contributed by atoms with Crippen LogP contribution in [0.3, 0.4) is 0 Å². The van der Waals surface area contributed by atoms with Crippen molar-refractivity contribution in [2.75, 3.05) is 25.2 Å². The van der Waals surface area contributed by atoms with Gasteiger partial charge in [0.15, 0.2) is 9.84 Å². The molecule has 0 atom stereocenters. The van der Waals surface area contributed by atoms with Crippen LogP contribution >= 0.6 is 0 Å². The van der Waals surface area contributed by atoms with Crippen LogP contribution in [-0.2, 0) is 24.2 Å².